The molecule has 0 aliphatic heterocycles. The molecule has 1 unspecified atom stereocenters. The lowest BCUT2D eigenvalue weighted by Crippen LogP contribution is -2.33. The summed E-state index contributed by atoms with van der Waals surface area (Å²) in [5.74, 6) is 0. The Morgan fingerprint density at radius 1 is 1.50 bits per heavy atom. The maximum atomic E-state index is 11.0. The maximum Gasteiger partial charge on any atom is 0.264 e. The Balaban J connectivity index is 2.88. The van der Waals surface area contributed by atoms with Gasteiger partial charge in [-0.05, 0) is 12.5 Å². The fourth-order valence-electron chi connectivity index (χ4n) is 1.61. The zero-order chi connectivity index (χ0) is 13.6. The predicted octanol–water partition coefficient (Wildman–Crippen LogP) is 1.44. The van der Waals surface area contributed by atoms with Gasteiger partial charge in [0.2, 0.25) is 0 Å². The van der Waals surface area contributed by atoms with Crippen molar-refractivity contribution in [1.29, 1.82) is 0 Å². The molecule has 1 heterocycles. The number of aromatic nitrogens is 1. The standard InChI is InChI=1S/C12H19NO4S/c1-3-4-7-12(14,10-17-18(2,15)16)11-6-5-8-13-9-11/h5-6,8-9,14H,3-4,7,10H2,1-2H3. The van der Waals surface area contributed by atoms with Gasteiger partial charge in [-0.1, -0.05) is 25.8 Å². The van der Waals surface area contributed by atoms with Gasteiger partial charge in [-0.3, -0.25) is 9.17 Å². The van der Waals surface area contributed by atoms with Crippen LogP contribution in [0.3, 0.4) is 0 Å². The second-order valence-corrected chi connectivity index (χ2v) is 5.99. The Bertz CT molecular complexity index is 460. The number of rotatable bonds is 7. The first-order valence-corrected chi connectivity index (χ1v) is 7.66. The van der Waals surface area contributed by atoms with E-state index < -0.39 is 15.7 Å². The Morgan fingerprint density at radius 3 is 2.72 bits per heavy atom. The average Bonchev–Trinajstić information content (AvgIpc) is 2.34. The zero-order valence-electron chi connectivity index (χ0n) is 10.7. The highest BCUT2D eigenvalue weighted by Gasteiger charge is 2.30. The van der Waals surface area contributed by atoms with Gasteiger partial charge in [0.25, 0.3) is 10.1 Å². The van der Waals surface area contributed by atoms with E-state index in [1.54, 1.807) is 18.3 Å². The molecule has 18 heavy (non-hydrogen) atoms. The quantitative estimate of drug-likeness (QED) is 0.761. The fraction of sp³-hybridized carbons (Fsp3) is 0.583. The highest BCUT2D eigenvalue weighted by atomic mass is 32.2. The van der Waals surface area contributed by atoms with E-state index in [-0.39, 0.29) is 6.61 Å². The molecule has 0 radical (unpaired) electrons. The maximum absolute atomic E-state index is 11.0. The summed E-state index contributed by atoms with van der Waals surface area (Å²) in [7, 11) is -3.57. The van der Waals surface area contributed by atoms with Crippen LogP contribution in [0.15, 0.2) is 24.5 Å². The van der Waals surface area contributed by atoms with Gasteiger partial charge >= 0.3 is 0 Å². The van der Waals surface area contributed by atoms with Crippen LogP contribution in [0, 0.1) is 0 Å². The van der Waals surface area contributed by atoms with Gasteiger partial charge in [0, 0.05) is 18.0 Å². The second-order valence-electron chi connectivity index (χ2n) is 4.34. The molecule has 6 heteroatoms. The van der Waals surface area contributed by atoms with E-state index in [0.717, 1.165) is 19.1 Å². The monoisotopic (exact) mass is 273 g/mol. The van der Waals surface area contributed by atoms with E-state index in [9.17, 15) is 13.5 Å². The SMILES string of the molecule is CCCCC(O)(COS(C)(=O)=O)c1cccnc1. The Kier molecular flexibility index (Phi) is 5.25. The predicted molar refractivity (Wildman–Crippen MR) is 68.5 cm³/mol. The summed E-state index contributed by atoms with van der Waals surface area (Å²) in [6, 6.07) is 3.42. The molecule has 0 saturated carbocycles. The molecule has 1 N–H and O–H groups in total. The van der Waals surface area contributed by atoms with Crippen LogP contribution in [0.25, 0.3) is 0 Å². The summed E-state index contributed by atoms with van der Waals surface area (Å²) in [6.07, 6.45) is 6.21. The van der Waals surface area contributed by atoms with Crippen molar-refractivity contribution >= 4 is 10.1 Å². The number of unbranched alkanes of at least 4 members (excludes halogenated alkanes) is 1. The second kappa shape index (κ2) is 6.26. The van der Waals surface area contributed by atoms with Crippen molar-refractivity contribution < 1.29 is 17.7 Å². The molecule has 1 atom stereocenters. The van der Waals surface area contributed by atoms with Crippen molar-refractivity contribution in [3.05, 3.63) is 30.1 Å². The first-order valence-electron chi connectivity index (χ1n) is 5.85. The van der Waals surface area contributed by atoms with Gasteiger partial charge in [-0.2, -0.15) is 8.42 Å². The van der Waals surface area contributed by atoms with E-state index in [1.807, 2.05) is 6.92 Å². The molecule has 1 aromatic rings. The van der Waals surface area contributed by atoms with E-state index in [2.05, 4.69) is 4.98 Å². The van der Waals surface area contributed by atoms with Gasteiger partial charge in [0.1, 0.15) is 5.60 Å². The van der Waals surface area contributed by atoms with Gasteiger partial charge < -0.3 is 5.11 Å². The first-order chi connectivity index (χ1) is 8.37. The third-order valence-corrected chi connectivity index (χ3v) is 3.20. The van der Waals surface area contributed by atoms with Crippen LogP contribution in [-0.4, -0.2) is 31.4 Å². The molecule has 1 rings (SSSR count). The van der Waals surface area contributed by atoms with Crippen molar-refractivity contribution in [3.8, 4) is 0 Å². The number of hydrogen-bond donors (Lipinski definition) is 1. The highest BCUT2D eigenvalue weighted by Crippen LogP contribution is 2.27. The lowest BCUT2D eigenvalue weighted by atomic mass is 9.90. The molecule has 0 aliphatic carbocycles. The van der Waals surface area contributed by atoms with Crippen LogP contribution < -0.4 is 0 Å². The highest BCUT2D eigenvalue weighted by molar-refractivity contribution is 7.85. The summed E-state index contributed by atoms with van der Waals surface area (Å²) < 4.78 is 26.8. The number of nitrogens with zero attached hydrogens (tertiary/aromatic N) is 1. The average molecular weight is 273 g/mol. The molecule has 1 aromatic heterocycles. The molecule has 0 saturated heterocycles. The topological polar surface area (TPSA) is 76.5 Å². The van der Waals surface area contributed by atoms with E-state index in [4.69, 9.17) is 4.18 Å². The molecule has 0 aliphatic rings. The van der Waals surface area contributed by atoms with Crippen molar-refractivity contribution in [1.82, 2.24) is 4.98 Å². The number of aliphatic hydroxyl groups is 1. The van der Waals surface area contributed by atoms with Crippen LogP contribution in [0.1, 0.15) is 31.7 Å². The zero-order valence-corrected chi connectivity index (χ0v) is 11.5. The van der Waals surface area contributed by atoms with Crippen LogP contribution in [-0.2, 0) is 19.9 Å². The summed E-state index contributed by atoms with van der Waals surface area (Å²) in [4.78, 5) is 3.94. The molecule has 0 aromatic carbocycles. The fourth-order valence-corrected chi connectivity index (χ4v) is 2.02. The first kappa shape index (κ1) is 15.1. The minimum Gasteiger partial charge on any atom is -0.383 e. The molecule has 0 spiro atoms. The normalized spacial score (nSPS) is 15.3. The van der Waals surface area contributed by atoms with Crippen LogP contribution in [0.4, 0.5) is 0 Å². The summed E-state index contributed by atoms with van der Waals surface area (Å²) in [5.41, 5.74) is -0.741. The lowest BCUT2D eigenvalue weighted by Gasteiger charge is -2.27. The minimum atomic E-state index is -3.57. The van der Waals surface area contributed by atoms with Crippen LogP contribution >= 0.6 is 0 Å². The van der Waals surface area contributed by atoms with E-state index >= 15 is 0 Å². The molecule has 0 fully saturated rings. The Hall–Kier alpha value is -0.980. The molecular formula is C12H19NO4S. The van der Waals surface area contributed by atoms with E-state index in [1.165, 1.54) is 6.20 Å². The molecular weight excluding hydrogens is 254 g/mol. The summed E-state index contributed by atoms with van der Waals surface area (Å²) in [5, 5.41) is 10.5. The Labute approximate surface area is 108 Å². The molecule has 5 nitrogen and oxygen atoms in total. The Morgan fingerprint density at radius 2 is 2.22 bits per heavy atom. The number of hydrogen-bond acceptors (Lipinski definition) is 5. The third kappa shape index (κ3) is 4.72. The molecule has 102 valence electrons. The van der Waals surface area contributed by atoms with Gasteiger partial charge in [0.15, 0.2) is 0 Å². The van der Waals surface area contributed by atoms with Crippen LogP contribution in [0.5, 0.6) is 0 Å². The number of pyridine rings is 1. The molecule has 0 amide bonds. The minimum absolute atomic E-state index is 0.280. The lowest BCUT2D eigenvalue weighted by molar-refractivity contribution is -0.0168. The van der Waals surface area contributed by atoms with Crippen molar-refractivity contribution in [2.75, 3.05) is 12.9 Å². The van der Waals surface area contributed by atoms with Gasteiger partial charge in [0.05, 0.1) is 12.9 Å². The van der Waals surface area contributed by atoms with Crippen LogP contribution in [0.2, 0.25) is 0 Å². The largest absolute Gasteiger partial charge is 0.383 e. The van der Waals surface area contributed by atoms with E-state index in [0.29, 0.717) is 12.0 Å². The van der Waals surface area contributed by atoms with Gasteiger partial charge in [-0.15, -0.1) is 0 Å². The smallest absolute Gasteiger partial charge is 0.264 e. The molecule has 0 bridgehead atoms. The van der Waals surface area contributed by atoms with Gasteiger partial charge in [-0.25, -0.2) is 0 Å². The van der Waals surface area contributed by atoms with Crippen molar-refractivity contribution in [2.24, 2.45) is 0 Å². The van der Waals surface area contributed by atoms with Crippen molar-refractivity contribution in [3.63, 3.8) is 0 Å². The summed E-state index contributed by atoms with van der Waals surface area (Å²) >= 11 is 0. The summed E-state index contributed by atoms with van der Waals surface area (Å²) in [6.45, 7) is 1.72. The third-order valence-electron chi connectivity index (χ3n) is 2.65. The van der Waals surface area contributed by atoms with Crippen molar-refractivity contribution in [2.45, 2.75) is 31.8 Å².